The van der Waals surface area contributed by atoms with Crippen LogP contribution in [0.2, 0.25) is 5.02 Å². The summed E-state index contributed by atoms with van der Waals surface area (Å²) in [7, 11) is 1.52. The van der Waals surface area contributed by atoms with Crippen LogP contribution in [0.3, 0.4) is 0 Å². The maximum Gasteiger partial charge on any atom is 0.287 e. The van der Waals surface area contributed by atoms with Gasteiger partial charge in [-0.05, 0) is 0 Å². The molecule has 0 saturated carbocycles. The first-order chi connectivity index (χ1) is 8.10. The molecule has 92 valence electrons. The van der Waals surface area contributed by atoms with Crippen LogP contribution in [0.25, 0.3) is 0 Å². The Bertz CT molecular complexity index is 484. The summed E-state index contributed by atoms with van der Waals surface area (Å²) in [6.45, 7) is 3.82. The van der Waals surface area contributed by atoms with Crippen LogP contribution < -0.4 is 16.2 Å². The highest BCUT2D eigenvalue weighted by Crippen LogP contribution is 2.14. The number of hydrogen-bond donors (Lipinski definition) is 2. The van der Waals surface area contributed by atoms with Gasteiger partial charge in [-0.1, -0.05) is 17.7 Å². The van der Waals surface area contributed by atoms with Gasteiger partial charge in [-0.3, -0.25) is 9.59 Å². The Labute approximate surface area is 103 Å². The summed E-state index contributed by atoms with van der Waals surface area (Å²) in [6.07, 6.45) is 2.94. The van der Waals surface area contributed by atoms with Crippen LogP contribution in [0, 0.1) is 0 Å². The third-order valence-corrected chi connectivity index (χ3v) is 2.37. The highest BCUT2D eigenvalue weighted by Gasteiger charge is 2.09. The maximum atomic E-state index is 11.7. The fourth-order valence-electron chi connectivity index (χ4n) is 1.10. The molecular weight excluding hydrogens is 244 g/mol. The van der Waals surface area contributed by atoms with Crippen molar-refractivity contribution in [3.8, 4) is 0 Å². The monoisotopic (exact) mass is 256 g/mol. The van der Waals surface area contributed by atoms with E-state index in [0.717, 1.165) is 0 Å². The number of carbonyl (C=O) groups excluding carboxylic acids is 1. The second-order valence-corrected chi connectivity index (χ2v) is 3.55. The number of rotatable bonds is 5. The molecular formula is C10H13ClN4O2. The summed E-state index contributed by atoms with van der Waals surface area (Å²) in [5.41, 5.74) is -0.0888. The zero-order valence-electron chi connectivity index (χ0n) is 9.36. The molecule has 1 aromatic rings. The molecule has 17 heavy (non-hydrogen) atoms. The molecule has 1 amide bonds. The van der Waals surface area contributed by atoms with Gasteiger partial charge in [-0.2, -0.15) is 5.10 Å². The lowest BCUT2D eigenvalue weighted by atomic mass is 10.4. The number of anilines is 1. The highest BCUT2D eigenvalue weighted by atomic mass is 35.5. The Morgan fingerprint density at radius 1 is 1.71 bits per heavy atom. The first kappa shape index (κ1) is 13.2. The molecule has 0 aliphatic carbocycles. The Hall–Kier alpha value is -1.82. The van der Waals surface area contributed by atoms with Gasteiger partial charge in [0, 0.05) is 7.05 Å². The number of likely N-dealkylation sites (N-methyl/N-ethyl adjacent to an activating group) is 1. The van der Waals surface area contributed by atoms with E-state index in [0.29, 0.717) is 5.69 Å². The van der Waals surface area contributed by atoms with E-state index in [9.17, 15) is 9.59 Å². The Kier molecular flexibility index (Phi) is 4.71. The number of nitrogens with zero attached hydrogens (tertiary/aromatic N) is 2. The van der Waals surface area contributed by atoms with Gasteiger partial charge in [-0.25, -0.2) is 4.68 Å². The number of amides is 1. The van der Waals surface area contributed by atoms with Crippen molar-refractivity contribution >= 4 is 23.2 Å². The van der Waals surface area contributed by atoms with Crippen molar-refractivity contribution in [2.24, 2.45) is 0 Å². The van der Waals surface area contributed by atoms with Crippen LogP contribution in [0.5, 0.6) is 0 Å². The normalized spacial score (nSPS) is 9.76. The lowest BCUT2D eigenvalue weighted by Crippen LogP contribution is -2.28. The average Bonchev–Trinajstić information content (AvgIpc) is 2.34. The highest BCUT2D eigenvalue weighted by molar-refractivity contribution is 6.33. The first-order valence-electron chi connectivity index (χ1n) is 4.91. The van der Waals surface area contributed by atoms with Crippen molar-refractivity contribution in [3.05, 3.63) is 34.2 Å². The van der Waals surface area contributed by atoms with Crippen LogP contribution >= 0.6 is 11.6 Å². The summed E-state index contributed by atoms with van der Waals surface area (Å²) in [4.78, 5) is 22.7. The Balaban J connectivity index is 2.89. The predicted octanol–water partition coefficient (Wildman–Crippen LogP) is 0.241. The zero-order valence-corrected chi connectivity index (χ0v) is 10.1. The minimum absolute atomic E-state index is 0.00533. The van der Waals surface area contributed by atoms with Crippen LogP contribution in [0.15, 0.2) is 23.6 Å². The molecule has 0 saturated heterocycles. The van der Waals surface area contributed by atoms with Crippen LogP contribution in [-0.4, -0.2) is 29.3 Å². The van der Waals surface area contributed by atoms with E-state index >= 15 is 0 Å². The topological polar surface area (TPSA) is 76.0 Å². The third kappa shape index (κ3) is 3.32. The second-order valence-electron chi connectivity index (χ2n) is 3.17. The molecule has 0 aliphatic rings. The number of carbonyl (C=O) groups is 1. The van der Waals surface area contributed by atoms with E-state index in [1.165, 1.54) is 17.9 Å². The van der Waals surface area contributed by atoms with Crippen molar-refractivity contribution in [1.82, 2.24) is 15.1 Å². The predicted molar refractivity (Wildman–Crippen MR) is 66.3 cm³/mol. The first-order valence-corrected chi connectivity index (χ1v) is 5.29. The standard InChI is InChI=1S/C10H13ClN4O2/c1-3-4-15-10(17)9(11)7(5-14-15)13-6-8(16)12-2/h3,5,13H,1,4,6H2,2H3,(H,12,16). The molecule has 1 rings (SSSR count). The fourth-order valence-corrected chi connectivity index (χ4v) is 1.32. The van der Waals surface area contributed by atoms with Crippen LogP contribution in [0.1, 0.15) is 0 Å². The van der Waals surface area contributed by atoms with Crippen LogP contribution in [-0.2, 0) is 11.3 Å². The Morgan fingerprint density at radius 2 is 2.41 bits per heavy atom. The second kappa shape index (κ2) is 6.05. The minimum Gasteiger partial charge on any atom is -0.373 e. The van der Waals surface area contributed by atoms with E-state index in [4.69, 9.17) is 11.6 Å². The summed E-state index contributed by atoms with van der Waals surface area (Å²) in [6, 6.07) is 0. The van der Waals surface area contributed by atoms with E-state index in [-0.39, 0.29) is 24.0 Å². The average molecular weight is 257 g/mol. The molecule has 7 heteroatoms. The number of halogens is 1. The van der Waals surface area contributed by atoms with Gasteiger partial charge in [0.25, 0.3) is 5.56 Å². The minimum atomic E-state index is -0.423. The maximum absolute atomic E-state index is 11.7. The third-order valence-electron chi connectivity index (χ3n) is 2.01. The van der Waals surface area contributed by atoms with Gasteiger partial charge in [0.15, 0.2) is 0 Å². The van der Waals surface area contributed by atoms with Gasteiger partial charge in [0.05, 0.1) is 25.0 Å². The number of nitrogens with one attached hydrogen (secondary N) is 2. The summed E-state index contributed by atoms with van der Waals surface area (Å²) < 4.78 is 1.18. The summed E-state index contributed by atoms with van der Waals surface area (Å²) in [5.74, 6) is -0.212. The van der Waals surface area contributed by atoms with Crippen molar-refractivity contribution in [2.45, 2.75) is 6.54 Å². The molecule has 0 bridgehead atoms. The smallest absolute Gasteiger partial charge is 0.287 e. The lowest BCUT2D eigenvalue weighted by molar-refractivity contribution is -0.118. The molecule has 0 unspecified atom stereocenters. The van der Waals surface area contributed by atoms with Gasteiger partial charge in [0.2, 0.25) is 5.91 Å². The Morgan fingerprint density at radius 3 is 3.00 bits per heavy atom. The van der Waals surface area contributed by atoms with Crippen molar-refractivity contribution in [1.29, 1.82) is 0 Å². The summed E-state index contributed by atoms with van der Waals surface area (Å²) in [5, 5.41) is 9.06. The molecule has 2 N–H and O–H groups in total. The van der Waals surface area contributed by atoms with E-state index < -0.39 is 5.56 Å². The van der Waals surface area contributed by atoms with Crippen molar-refractivity contribution in [2.75, 3.05) is 18.9 Å². The molecule has 0 atom stereocenters. The largest absolute Gasteiger partial charge is 0.373 e. The van der Waals surface area contributed by atoms with Gasteiger partial charge < -0.3 is 10.6 Å². The van der Waals surface area contributed by atoms with Crippen LogP contribution in [0.4, 0.5) is 5.69 Å². The molecule has 0 fully saturated rings. The molecule has 0 aromatic carbocycles. The van der Waals surface area contributed by atoms with Gasteiger partial charge >= 0.3 is 0 Å². The van der Waals surface area contributed by atoms with Crippen molar-refractivity contribution < 1.29 is 4.79 Å². The molecule has 1 aromatic heterocycles. The van der Waals surface area contributed by atoms with E-state index in [1.807, 2.05) is 0 Å². The molecule has 0 spiro atoms. The quantitative estimate of drug-likeness (QED) is 0.740. The molecule has 0 aliphatic heterocycles. The zero-order chi connectivity index (χ0) is 12.8. The molecule has 1 heterocycles. The van der Waals surface area contributed by atoms with E-state index in [1.54, 1.807) is 6.08 Å². The van der Waals surface area contributed by atoms with Gasteiger partial charge in [-0.15, -0.1) is 6.58 Å². The number of allylic oxidation sites excluding steroid dienone is 1. The molecule has 0 radical (unpaired) electrons. The number of hydrogen-bond acceptors (Lipinski definition) is 4. The molecule has 6 nitrogen and oxygen atoms in total. The fraction of sp³-hybridized carbons (Fsp3) is 0.300. The van der Waals surface area contributed by atoms with Gasteiger partial charge in [0.1, 0.15) is 5.02 Å². The van der Waals surface area contributed by atoms with Crippen molar-refractivity contribution in [3.63, 3.8) is 0 Å². The van der Waals surface area contributed by atoms with E-state index in [2.05, 4.69) is 22.3 Å². The summed E-state index contributed by atoms with van der Waals surface area (Å²) >= 11 is 5.86. The lowest BCUT2D eigenvalue weighted by Gasteiger charge is -2.08. The number of aromatic nitrogens is 2. The SMILES string of the molecule is C=CCn1ncc(NCC(=O)NC)c(Cl)c1=O.